The lowest BCUT2D eigenvalue weighted by Crippen LogP contribution is -2.19. The Balaban J connectivity index is 2.02. The van der Waals surface area contributed by atoms with Crippen molar-refractivity contribution in [3.63, 3.8) is 0 Å². The van der Waals surface area contributed by atoms with Crippen molar-refractivity contribution >= 4 is 0 Å². The summed E-state index contributed by atoms with van der Waals surface area (Å²) in [4.78, 5) is 0. The van der Waals surface area contributed by atoms with Crippen molar-refractivity contribution in [1.29, 1.82) is 0 Å². The summed E-state index contributed by atoms with van der Waals surface area (Å²) >= 11 is 0. The molecule has 1 unspecified atom stereocenters. The molecule has 2 heteroatoms. The highest BCUT2D eigenvalue weighted by Gasteiger charge is 2.08. The van der Waals surface area contributed by atoms with Crippen molar-refractivity contribution in [2.75, 3.05) is 6.61 Å². The van der Waals surface area contributed by atoms with Crippen molar-refractivity contribution in [2.45, 2.75) is 33.7 Å². The third-order valence-electron chi connectivity index (χ3n) is 3.87. The molecule has 2 aromatic carbocycles. The summed E-state index contributed by atoms with van der Waals surface area (Å²) in [6, 6.07) is 12.4. The fourth-order valence-corrected chi connectivity index (χ4v) is 2.08. The average Bonchev–Trinajstić information content (AvgIpc) is 2.43. The van der Waals surface area contributed by atoms with Gasteiger partial charge in [0.05, 0.1) is 6.04 Å². The average molecular weight is 269 g/mol. The number of nitrogens with two attached hydrogens (primary N) is 1. The molecule has 20 heavy (non-hydrogen) atoms. The molecule has 0 bridgehead atoms. The van der Waals surface area contributed by atoms with Crippen LogP contribution in [0.2, 0.25) is 0 Å². The molecule has 0 aliphatic rings. The van der Waals surface area contributed by atoms with Crippen LogP contribution < -0.4 is 10.5 Å². The highest BCUT2D eigenvalue weighted by atomic mass is 16.5. The molecule has 0 amide bonds. The smallest absolute Gasteiger partial charge is 0.119 e. The molecular weight excluding hydrogens is 246 g/mol. The number of aryl methyl sites for hydroxylation is 4. The molecule has 0 aliphatic heterocycles. The lowest BCUT2D eigenvalue weighted by molar-refractivity contribution is 0.290. The molecule has 0 heterocycles. The number of benzene rings is 2. The summed E-state index contributed by atoms with van der Waals surface area (Å²) in [6.07, 6.45) is 0. The zero-order chi connectivity index (χ0) is 14.7. The summed E-state index contributed by atoms with van der Waals surface area (Å²) in [5, 5.41) is 0. The second-order valence-corrected chi connectivity index (χ2v) is 5.51. The van der Waals surface area contributed by atoms with Gasteiger partial charge in [0.15, 0.2) is 0 Å². The van der Waals surface area contributed by atoms with Crippen LogP contribution in [-0.4, -0.2) is 6.61 Å². The number of ether oxygens (including phenoxy) is 1. The minimum Gasteiger partial charge on any atom is -0.492 e. The van der Waals surface area contributed by atoms with Gasteiger partial charge in [0.1, 0.15) is 12.4 Å². The lowest BCUT2D eigenvalue weighted by Gasteiger charge is -2.15. The van der Waals surface area contributed by atoms with Crippen LogP contribution >= 0.6 is 0 Å². The molecule has 2 rings (SSSR count). The first-order valence-electron chi connectivity index (χ1n) is 7.00. The zero-order valence-corrected chi connectivity index (χ0v) is 12.7. The largest absolute Gasteiger partial charge is 0.492 e. The fourth-order valence-electron chi connectivity index (χ4n) is 2.08. The normalized spacial score (nSPS) is 12.2. The third-order valence-corrected chi connectivity index (χ3v) is 3.87. The number of hydrogen-bond acceptors (Lipinski definition) is 2. The van der Waals surface area contributed by atoms with Gasteiger partial charge in [-0.05, 0) is 67.6 Å². The molecule has 2 N–H and O–H groups in total. The topological polar surface area (TPSA) is 35.2 Å². The third kappa shape index (κ3) is 3.40. The van der Waals surface area contributed by atoms with Gasteiger partial charge in [-0.1, -0.05) is 24.3 Å². The van der Waals surface area contributed by atoms with Crippen LogP contribution in [0, 0.1) is 27.7 Å². The second-order valence-electron chi connectivity index (χ2n) is 5.51. The summed E-state index contributed by atoms with van der Waals surface area (Å²) in [5.74, 6) is 0.882. The minimum absolute atomic E-state index is 0.101. The molecule has 0 spiro atoms. The van der Waals surface area contributed by atoms with E-state index in [4.69, 9.17) is 10.5 Å². The molecule has 1 atom stereocenters. The van der Waals surface area contributed by atoms with Crippen molar-refractivity contribution < 1.29 is 4.74 Å². The van der Waals surface area contributed by atoms with Crippen LogP contribution in [0.4, 0.5) is 0 Å². The summed E-state index contributed by atoms with van der Waals surface area (Å²) in [5.41, 5.74) is 12.4. The van der Waals surface area contributed by atoms with E-state index in [1.807, 2.05) is 6.07 Å². The predicted octanol–water partition coefficient (Wildman–Crippen LogP) is 4.00. The molecule has 106 valence electrons. The van der Waals surface area contributed by atoms with E-state index in [-0.39, 0.29) is 6.04 Å². The van der Waals surface area contributed by atoms with Gasteiger partial charge < -0.3 is 10.5 Å². The SMILES string of the molecule is Cc1ccc(OCC(N)c2ccc(C)c(C)c2)cc1C. The van der Waals surface area contributed by atoms with Gasteiger partial charge in [0, 0.05) is 0 Å². The number of hydrogen-bond donors (Lipinski definition) is 1. The van der Waals surface area contributed by atoms with Crippen molar-refractivity contribution in [3.05, 3.63) is 64.2 Å². The highest BCUT2D eigenvalue weighted by molar-refractivity contribution is 5.34. The van der Waals surface area contributed by atoms with E-state index in [1.165, 1.54) is 22.3 Å². The van der Waals surface area contributed by atoms with Gasteiger partial charge >= 0.3 is 0 Å². The molecule has 2 aromatic rings. The Morgan fingerprint density at radius 1 is 0.850 bits per heavy atom. The molecule has 0 saturated carbocycles. The molecule has 0 fully saturated rings. The first kappa shape index (κ1) is 14.6. The van der Waals surface area contributed by atoms with E-state index < -0.39 is 0 Å². The second kappa shape index (κ2) is 6.10. The van der Waals surface area contributed by atoms with E-state index in [0.717, 1.165) is 11.3 Å². The molecule has 0 aliphatic carbocycles. The Labute approximate surface area is 121 Å². The maximum absolute atomic E-state index is 6.20. The van der Waals surface area contributed by atoms with Gasteiger partial charge in [-0.3, -0.25) is 0 Å². The Hall–Kier alpha value is -1.80. The molecule has 0 aromatic heterocycles. The molecular formula is C18H23NO. The first-order chi connectivity index (χ1) is 9.47. The quantitative estimate of drug-likeness (QED) is 0.910. The Kier molecular flexibility index (Phi) is 4.46. The van der Waals surface area contributed by atoms with Gasteiger partial charge in [-0.15, -0.1) is 0 Å². The van der Waals surface area contributed by atoms with E-state index in [9.17, 15) is 0 Å². The monoisotopic (exact) mass is 269 g/mol. The van der Waals surface area contributed by atoms with Crippen LogP contribution in [0.15, 0.2) is 36.4 Å². The van der Waals surface area contributed by atoms with Crippen LogP contribution in [0.3, 0.4) is 0 Å². The van der Waals surface area contributed by atoms with Gasteiger partial charge in [0.2, 0.25) is 0 Å². The van der Waals surface area contributed by atoms with Crippen LogP contribution in [-0.2, 0) is 0 Å². The summed E-state index contributed by atoms with van der Waals surface area (Å²) < 4.78 is 5.80. The highest BCUT2D eigenvalue weighted by Crippen LogP contribution is 2.19. The van der Waals surface area contributed by atoms with Crippen molar-refractivity contribution in [1.82, 2.24) is 0 Å². The van der Waals surface area contributed by atoms with Crippen LogP contribution in [0.25, 0.3) is 0 Å². The van der Waals surface area contributed by atoms with Crippen molar-refractivity contribution in [2.24, 2.45) is 5.73 Å². The molecule has 0 saturated heterocycles. The number of rotatable bonds is 4. The predicted molar refractivity (Wildman–Crippen MR) is 84.3 cm³/mol. The van der Waals surface area contributed by atoms with Gasteiger partial charge in [0.25, 0.3) is 0 Å². The molecule has 0 radical (unpaired) electrons. The van der Waals surface area contributed by atoms with Gasteiger partial charge in [-0.2, -0.15) is 0 Å². The summed E-state index contributed by atoms with van der Waals surface area (Å²) in [7, 11) is 0. The standard InChI is InChI=1S/C18H23NO/c1-12-5-7-16(9-14(12)3)18(19)11-20-17-8-6-13(2)15(4)10-17/h5-10,18H,11,19H2,1-4H3. The Morgan fingerprint density at radius 3 is 2.05 bits per heavy atom. The van der Waals surface area contributed by atoms with Crippen LogP contribution in [0.5, 0.6) is 5.75 Å². The minimum atomic E-state index is -0.101. The lowest BCUT2D eigenvalue weighted by atomic mass is 10.0. The van der Waals surface area contributed by atoms with E-state index in [1.54, 1.807) is 0 Å². The van der Waals surface area contributed by atoms with E-state index >= 15 is 0 Å². The first-order valence-corrected chi connectivity index (χ1v) is 7.00. The maximum atomic E-state index is 6.20. The van der Waals surface area contributed by atoms with Crippen LogP contribution in [0.1, 0.15) is 33.9 Å². The maximum Gasteiger partial charge on any atom is 0.119 e. The van der Waals surface area contributed by atoms with E-state index in [2.05, 4.69) is 58.0 Å². The Bertz CT molecular complexity index is 604. The van der Waals surface area contributed by atoms with Crippen molar-refractivity contribution in [3.8, 4) is 5.75 Å². The Morgan fingerprint density at radius 2 is 1.45 bits per heavy atom. The van der Waals surface area contributed by atoms with E-state index in [0.29, 0.717) is 6.61 Å². The fraction of sp³-hybridized carbons (Fsp3) is 0.333. The van der Waals surface area contributed by atoms with Gasteiger partial charge in [-0.25, -0.2) is 0 Å². The molecule has 2 nitrogen and oxygen atoms in total. The summed E-state index contributed by atoms with van der Waals surface area (Å²) in [6.45, 7) is 8.89. The zero-order valence-electron chi connectivity index (χ0n) is 12.7.